The second kappa shape index (κ2) is 10.4. The van der Waals surface area contributed by atoms with Crippen molar-refractivity contribution >= 4 is 23.2 Å². The summed E-state index contributed by atoms with van der Waals surface area (Å²) in [7, 11) is 0. The number of halogens is 1. The number of carbonyl (C=O) groups excluding carboxylic acids is 1. The van der Waals surface area contributed by atoms with E-state index < -0.39 is 5.56 Å². The summed E-state index contributed by atoms with van der Waals surface area (Å²) in [6, 6.07) is 2.03. The minimum absolute atomic E-state index is 0.0561. The van der Waals surface area contributed by atoms with E-state index >= 15 is 0 Å². The Kier molecular flexibility index (Phi) is 8.01. The van der Waals surface area contributed by atoms with E-state index in [0.717, 1.165) is 22.4 Å². The van der Waals surface area contributed by atoms with Crippen LogP contribution in [0.5, 0.6) is 0 Å². The maximum Gasteiger partial charge on any atom is 0.288 e. The highest BCUT2D eigenvalue weighted by Gasteiger charge is 2.43. The summed E-state index contributed by atoms with van der Waals surface area (Å²) in [4.78, 5) is 25.3. The molecule has 0 unspecified atom stereocenters. The first-order chi connectivity index (χ1) is 15.9. The Morgan fingerprint density at radius 2 is 2.00 bits per heavy atom. The molecule has 0 spiro atoms. The lowest BCUT2D eigenvalue weighted by atomic mass is 9.58. The van der Waals surface area contributed by atoms with Gasteiger partial charge in [-0.1, -0.05) is 60.1 Å². The first-order valence-electron chi connectivity index (χ1n) is 12.0. The predicted molar refractivity (Wildman–Crippen MR) is 135 cm³/mol. The summed E-state index contributed by atoms with van der Waals surface area (Å²) in [5.74, 6) is 1.31. The van der Waals surface area contributed by atoms with Crippen molar-refractivity contribution in [1.82, 2.24) is 25.3 Å². The van der Waals surface area contributed by atoms with Crippen LogP contribution in [0.1, 0.15) is 72.1 Å². The molecule has 0 radical (unpaired) electrons. The molecule has 8 nitrogen and oxygen atoms in total. The molecule has 2 heterocycles. The van der Waals surface area contributed by atoms with E-state index in [2.05, 4.69) is 60.5 Å². The molecule has 2 aromatic rings. The number of amides is 1. The van der Waals surface area contributed by atoms with E-state index in [1.54, 1.807) is 12.4 Å². The van der Waals surface area contributed by atoms with Crippen LogP contribution in [0.15, 0.2) is 23.3 Å². The molecule has 1 aliphatic carbocycles. The fourth-order valence-electron chi connectivity index (χ4n) is 4.83. The number of rotatable bonds is 7. The highest BCUT2D eigenvalue weighted by Crippen LogP contribution is 2.48. The lowest BCUT2D eigenvalue weighted by Gasteiger charge is -2.50. The number of hydrogen-bond donors (Lipinski definition) is 2. The molecule has 9 heteroatoms. The molecular formula is C25H37ClN6O2. The summed E-state index contributed by atoms with van der Waals surface area (Å²) in [6.45, 7) is 15.6. The maximum atomic E-state index is 12.8. The molecule has 3 rings (SSSR count). The van der Waals surface area contributed by atoms with Gasteiger partial charge in [0.05, 0.1) is 17.6 Å². The first kappa shape index (κ1) is 26.1. The molecule has 0 bridgehead atoms. The van der Waals surface area contributed by atoms with Gasteiger partial charge in [0.1, 0.15) is 11.6 Å². The van der Waals surface area contributed by atoms with Gasteiger partial charge in [0.25, 0.3) is 5.56 Å². The minimum Gasteiger partial charge on any atom is -0.379 e. The highest BCUT2D eigenvalue weighted by molar-refractivity contribution is 6.32. The standard InChI is InChI=1S/C25H37ClN6O2/c1-14(2)23-18(8-9-28-31-23)11-27-21(33)13-32-24(34)22(26)20(12-29-32)30-19-10-15(3)25(6,7)17(5)16(19)4/h8-9,12,14-17,19,30H,10-11,13H2,1-7H3,(H,27,33)/t15-,16+,17+,19+/m0/s1. The lowest BCUT2D eigenvalue weighted by Crippen LogP contribution is -2.48. The number of aromatic nitrogens is 4. The second-order valence-electron chi connectivity index (χ2n) is 10.6. The topological polar surface area (TPSA) is 102 Å². The molecule has 1 amide bonds. The molecule has 0 aromatic carbocycles. The van der Waals surface area contributed by atoms with Crippen LogP contribution in [-0.4, -0.2) is 31.9 Å². The van der Waals surface area contributed by atoms with Crippen LogP contribution in [0.2, 0.25) is 5.02 Å². The molecule has 4 atom stereocenters. The van der Waals surface area contributed by atoms with E-state index in [0.29, 0.717) is 30.0 Å². The Morgan fingerprint density at radius 3 is 2.68 bits per heavy atom. The molecular weight excluding hydrogens is 452 g/mol. The lowest BCUT2D eigenvalue weighted by molar-refractivity contribution is -0.122. The zero-order valence-corrected chi connectivity index (χ0v) is 22.0. The SMILES string of the molecule is CC(C)c1nnccc1CNC(=O)Cn1ncc(N[C@@H]2C[C@H](C)C(C)(C)[C@H](C)[C@H]2C)c(Cl)c1=O. The van der Waals surface area contributed by atoms with Crippen molar-refractivity contribution in [1.29, 1.82) is 0 Å². The number of anilines is 1. The normalized spacial score (nSPS) is 24.1. The first-order valence-corrected chi connectivity index (χ1v) is 12.4. The van der Waals surface area contributed by atoms with Gasteiger partial charge in [-0.2, -0.15) is 15.3 Å². The van der Waals surface area contributed by atoms with Crippen molar-refractivity contribution in [2.75, 3.05) is 5.32 Å². The molecule has 0 aliphatic heterocycles. The van der Waals surface area contributed by atoms with Crippen molar-refractivity contribution in [3.8, 4) is 0 Å². The fraction of sp³-hybridized carbons (Fsp3) is 0.640. The third kappa shape index (κ3) is 5.43. The van der Waals surface area contributed by atoms with Gasteiger partial charge >= 0.3 is 0 Å². The smallest absolute Gasteiger partial charge is 0.288 e. The van der Waals surface area contributed by atoms with Gasteiger partial charge in [-0.15, -0.1) is 0 Å². The number of hydrogen-bond acceptors (Lipinski definition) is 6. The quantitative estimate of drug-likeness (QED) is 0.604. The second-order valence-corrected chi connectivity index (χ2v) is 10.9. The van der Waals surface area contributed by atoms with Crippen LogP contribution in [-0.2, 0) is 17.9 Å². The summed E-state index contributed by atoms with van der Waals surface area (Å²) in [6.07, 6.45) is 4.13. The van der Waals surface area contributed by atoms with Crippen LogP contribution in [0, 0.1) is 23.2 Å². The molecule has 1 saturated carbocycles. The molecule has 2 aromatic heterocycles. The summed E-state index contributed by atoms with van der Waals surface area (Å²) in [5.41, 5.74) is 2.01. The summed E-state index contributed by atoms with van der Waals surface area (Å²) >= 11 is 6.42. The average Bonchev–Trinajstić information content (AvgIpc) is 2.80. The Morgan fingerprint density at radius 1 is 1.29 bits per heavy atom. The van der Waals surface area contributed by atoms with Crippen molar-refractivity contribution < 1.29 is 4.79 Å². The van der Waals surface area contributed by atoms with Crippen LogP contribution < -0.4 is 16.2 Å². The van der Waals surface area contributed by atoms with E-state index in [1.165, 1.54) is 0 Å². The van der Waals surface area contributed by atoms with Gasteiger partial charge in [0, 0.05) is 18.8 Å². The van der Waals surface area contributed by atoms with Crippen molar-refractivity contribution in [3.63, 3.8) is 0 Å². The Labute approximate surface area is 206 Å². The fourth-order valence-corrected chi connectivity index (χ4v) is 5.03. The molecule has 2 N–H and O–H groups in total. The zero-order valence-electron chi connectivity index (χ0n) is 21.2. The van der Waals surface area contributed by atoms with Gasteiger partial charge in [0.2, 0.25) is 5.91 Å². The third-order valence-electron chi connectivity index (χ3n) is 7.95. The van der Waals surface area contributed by atoms with Gasteiger partial charge in [-0.25, -0.2) is 4.68 Å². The van der Waals surface area contributed by atoms with E-state index in [4.69, 9.17) is 11.6 Å². The minimum atomic E-state index is -0.486. The number of nitrogens with zero attached hydrogens (tertiary/aromatic N) is 4. The van der Waals surface area contributed by atoms with E-state index in [1.807, 2.05) is 19.9 Å². The zero-order chi connectivity index (χ0) is 25.2. The molecule has 34 heavy (non-hydrogen) atoms. The third-order valence-corrected chi connectivity index (χ3v) is 8.32. The van der Waals surface area contributed by atoms with Crippen molar-refractivity contribution in [2.24, 2.45) is 23.2 Å². The molecule has 1 fully saturated rings. The highest BCUT2D eigenvalue weighted by atomic mass is 35.5. The van der Waals surface area contributed by atoms with Gasteiger partial charge < -0.3 is 10.6 Å². The largest absolute Gasteiger partial charge is 0.379 e. The predicted octanol–water partition coefficient (Wildman–Crippen LogP) is 4.25. The number of carbonyl (C=O) groups is 1. The van der Waals surface area contributed by atoms with E-state index in [9.17, 15) is 9.59 Å². The maximum absolute atomic E-state index is 12.8. The van der Waals surface area contributed by atoms with Gasteiger partial charge in [0.15, 0.2) is 0 Å². The van der Waals surface area contributed by atoms with Gasteiger partial charge in [-0.3, -0.25) is 9.59 Å². The average molecular weight is 489 g/mol. The molecule has 0 saturated heterocycles. The van der Waals surface area contributed by atoms with Crippen LogP contribution in [0.3, 0.4) is 0 Å². The Hall–Kier alpha value is -2.48. The Balaban J connectivity index is 1.67. The van der Waals surface area contributed by atoms with Gasteiger partial charge in [-0.05, 0) is 47.1 Å². The Bertz CT molecular complexity index is 1080. The van der Waals surface area contributed by atoms with Crippen LogP contribution in [0.4, 0.5) is 5.69 Å². The van der Waals surface area contributed by atoms with Crippen LogP contribution >= 0.6 is 11.6 Å². The monoisotopic (exact) mass is 488 g/mol. The number of nitrogens with one attached hydrogen (secondary N) is 2. The van der Waals surface area contributed by atoms with Crippen molar-refractivity contribution in [2.45, 2.75) is 79.9 Å². The van der Waals surface area contributed by atoms with Crippen molar-refractivity contribution in [3.05, 3.63) is 45.1 Å². The molecule has 186 valence electrons. The van der Waals surface area contributed by atoms with E-state index in [-0.39, 0.29) is 34.8 Å². The summed E-state index contributed by atoms with van der Waals surface area (Å²) in [5, 5.41) is 18.6. The van der Waals surface area contributed by atoms with Crippen LogP contribution in [0.25, 0.3) is 0 Å². The molecule has 1 aliphatic rings. The summed E-state index contributed by atoms with van der Waals surface area (Å²) < 4.78 is 1.09.